The van der Waals surface area contributed by atoms with Crippen LogP contribution in [-0.4, -0.2) is 32.2 Å². The molecule has 2 heterocycles. The van der Waals surface area contributed by atoms with Crippen LogP contribution in [0.2, 0.25) is 0 Å². The Morgan fingerprint density at radius 2 is 1.30 bits per heavy atom. The summed E-state index contributed by atoms with van der Waals surface area (Å²) < 4.78 is 9.51. The van der Waals surface area contributed by atoms with Crippen molar-refractivity contribution in [3.8, 4) is 0 Å². The summed E-state index contributed by atoms with van der Waals surface area (Å²) in [4.78, 5) is 26.2. The zero-order valence-electron chi connectivity index (χ0n) is 14.4. The number of benzene rings is 1. The SMILES string of the molecule is O=C1c2nonc2CC[C@H]1C(c1ccccc1)[C@H]1CCc2nonc2C1=O. The van der Waals surface area contributed by atoms with Crippen molar-refractivity contribution in [2.45, 2.75) is 31.6 Å². The van der Waals surface area contributed by atoms with Crippen molar-refractivity contribution in [1.82, 2.24) is 20.6 Å². The van der Waals surface area contributed by atoms with Gasteiger partial charge in [-0.1, -0.05) is 40.6 Å². The first kappa shape index (κ1) is 16.0. The van der Waals surface area contributed by atoms with Gasteiger partial charge in [0.2, 0.25) is 0 Å². The molecule has 1 aromatic carbocycles. The lowest BCUT2D eigenvalue weighted by atomic mass is 9.66. The number of fused-ring (bicyclic) bond motifs is 2. The van der Waals surface area contributed by atoms with Crippen LogP contribution in [0.3, 0.4) is 0 Å². The Morgan fingerprint density at radius 1 is 0.778 bits per heavy atom. The quantitative estimate of drug-likeness (QED) is 0.696. The molecule has 0 bridgehead atoms. The van der Waals surface area contributed by atoms with Gasteiger partial charge in [-0.2, -0.15) is 0 Å². The molecule has 1 unspecified atom stereocenters. The number of Topliss-reactive ketones (excluding diaryl/α,β-unsaturated/α-hetero) is 2. The van der Waals surface area contributed by atoms with E-state index in [0.29, 0.717) is 48.5 Å². The minimum atomic E-state index is -0.359. The van der Waals surface area contributed by atoms with Gasteiger partial charge in [0, 0.05) is 17.8 Å². The molecule has 8 nitrogen and oxygen atoms in total. The van der Waals surface area contributed by atoms with Crippen LogP contribution in [0, 0.1) is 11.8 Å². The molecular formula is C19H16N4O4. The van der Waals surface area contributed by atoms with E-state index < -0.39 is 0 Å². The van der Waals surface area contributed by atoms with Gasteiger partial charge < -0.3 is 0 Å². The summed E-state index contributed by atoms with van der Waals surface area (Å²) in [6.45, 7) is 0. The highest BCUT2D eigenvalue weighted by Gasteiger charge is 2.45. The summed E-state index contributed by atoms with van der Waals surface area (Å²) in [6, 6.07) is 9.71. The Labute approximate surface area is 153 Å². The number of ketones is 2. The van der Waals surface area contributed by atoms with Crippen molar-refractivity contribution < 1.29 is 18.8 Å². The number of nitrogens with zero attached hydrogens (tertiary/aromatic N) is 4. The fourth-order valence-corrected chi connectivity index (χ4v) is 4.42. The van der Waals surface area contributed by atoms with Gasteiger partial charge in [0.05, 0.1) is 0 Å². The lowest BCUT2D eigenvalue weighted by molar-refractivity contribution is 0.0772. The van der Waals surface area contributed by atoms with Gasteiger partial charge in [-0.3, -0.25) is 9.59 Å². The second kappa shape index (κ2) is 6.22. The number of aryl methyl sites for hydroxylation is 2. The molecule has 0 fully saturated rings. The molecule has 27 heavy (non-hydrogen) atoms. The Balaban J connectivity index is 1.57. The molecule has 3 atom stereocenters. The van der Waals surface area contributed by atoms with Crippen LogP contribution < -0.4 is 0 Å². The molecule has 2 aliphatic carbocycles. The molecule has 0 N–H and O–H groups in total. The van der Waals surface area contributed by atoms with Crippen molar-refractivity contribution >= 4 is 11.6 Å². The normalized spacial score (nSPS) is 23.0. The second-order valence-electron chi connectivity index (χ2n) is 7.07. The number of hydrogen-bond donors (Lipinski definition) is 0. The van der Waals surface area contributed by atoms with E-state index in [9.17, 15) is 9.59 Å². The molecule has 8 heteroatoms. The van der Waals surface area contributed by atoms with E-state index >= 15 is 0 Å². The van der Waals surface area contributed by atoms with E-state index in [0.717, 1.165) is 5.56 Å². The first-order valence-electron chi connectivity index (χ1n) is 9.00. The summed E-state index contributed by atoms with van der Waals surface area (Å²) >= 11 is 0. The van der Waals surface area contributed by atoms with Crippen LogP contribution in [0.1, 0.15) is 56.7 Å². The van der Waals surface area contributed by atoms with Gasteiger partial charge in [0.15, 0.2) is 23.0 Å². The third-order valence-corrected chi connectivity index (χ3v) is 5.69. The smallest absolute Gasteiger partial charge is 0.190 e. The Morgan fingerprint density at radius 3 is 1.81 bits per heavy atom. The number of rotatable bonds is 3. The van der Waals surface area contributed by atoms with Crippen molar-refractivity contribution in [3.05, 3.63) is 58.7 Å². The van der Waals surface area contributed by atoms with Gasteiger partial charge >= 0.3 is 0 Å². The van der Waals surface area contributed by atoms with Crippen molar-refractivity contribution in [2.24, 2.45) is 11.8 Å². The highest BCUT2D eigenvalue weighted by Crippen LogP contribution is 2.43. The maximum Gasteiger partial charge on any atom is 0.190 e. The van der Waals surface area contributed by atoms with Crippen LogP contribution >= 0.6 is 0 Å². The summed E-state index contributed by atoms with van der Waals surface area (Å²) in [7, 11) is 0. The molecule has 2 aliphatic rings. The van der Waals surface area contributed by atoms with Crippen molar-refractivity contribution in [1.29, 1.82) is 0 Å². The van der Waals surface area contributed by atoms with Gasteiger partial charge in [-0.05, 0) is 41.6 Å². The molecule has 0 spiro atoms. The number of aromatic nitrogens is 4. The van der Waals surface area contributed by atoms with E-state index in [2.05, 4.69) is 20.6 Å². The highest BCUT2D eigenvalue weighted by molar-refractivity contribution is 6.01. The van der Waals surface area contributed by atoms with Crippen LogP contribution in [0.4, 0.5) is 0 Å². The Hall–Kier alpha value is -3.16. The molecule has 0 aliphatic heterocycles. The average Bonchev–Trinajstić information content (AvgIpc) is 3.36. The molecular weight excluding hydrogens is 348 g/mol. The topological polar surface area (TPSA) is 112 Å². The lowest BCUT2D eigenvalue weighted by Gasteiger charge is -2.34. The van der Waals surface area contributed by atoms with E-state index in [1.54, 1.807) is 0 Å². The highest BCUT2D eigenvalue weighted by atomic mass is 16.6. The lowest BCUT2D eigenvalue weighted by Crippen LogP contribution is -2.37. The summed E-state index contributed by atoms with van der Waals surface area (Å²) in [5, 5.41) is 15.2. The zero-order valence-corrected chi connectivity index (χ0v) is 14.4. The van der Waals surface area contributed by atoms with E-state index in [1.165, 1.54) is 0 Å². The van der Waals surface area contributed by atoms with Gasteiger partial charge in [0.1, 0.15) is 11.4 Å². The standard InChI is InChI=1S/C19H16N4O4/c24-18-11(6-8-13-16(18)22-26-20-13)15(10-4-2-1-3-5-10)12-7-9-14-17(19(12)25)23-27-21-14/h1-5,11-12,15H,6-9H2/t11-,12+,15?. The molecule has 0 amide bonds. The first-order valence-corrected chi connectivity index (χ1v) is 9.00. The van der Waals surface area contributed by atoms with Crippen LogP contribution in [0.15, 0.2) is 39.6 Å². The number of carbonyl (C=O) groups is 2. The molecule has 0 radical (unpaired) electrons. The molecule has 5 rings (SSSR count). The second-order valence-corrected chi connectivity index (χ2v) is 7.07. The molecule has 0 saturated carbocycles. The largest absolute Gasteiger partial charge is 0.292 e. The maximum absolute atomic E-state index is 13.1. The third kappa shape index (κ3) is 2.51. The van der Waals surface area contributed by atoms with Gasteiger partial charge in [-0.15, -0.1) is 0 Å². The van der Waals surface area contributed by atoms with Crippen molar-refractivity contribution in [2.75, 3.05) is 0 Å². The predicted octanol–water partition coefficient (Wildman–Crippen LogP) is 2.43. The maximum atomic E-state index is 13.1. The monoisotopic (exact) mass is 364 g/mol. The van der Waals surface area contributed by atoms with E-state index in [1.807, 2.05) is 30.3 Å². The van der Waals surface area contributed by atoms with Gasteiger partial charge in [0.25, 0.3) is 0 Å². The molecule has 136 valence electrons. The third-order valence-electron chi connectivity index (χ3n) is 5.69. The minimum Gasteiger partial charge on any atom is -0.292 e. The minimum absolute atomic E-state index is 0.108. The van der Waals surface area contributed by atoms with Crippen LogP contribution in [0.25, 0.3) is 0 Å². The van der Waals surface area contributed by atoms with Gasteiger partial charge in [-0.25, -0.2) is 9.26 Å². The number of carbonyl (C=O) groups excluding carboxylic acids is 2. The van der Waals surface area contributed by atoms with Crippen LogP contribution in [0.5, 0.6) is 0 Å². The first-order chi connectivity index (χ1) is 13.2. The van der Waals surface area contributed by atoms with Crippen molar-refractivity contribution in [3.63, 3.8) is 0 Å². The Bertz CT molecular complexity index is 947. The fraction of sp³-hybridized carbons (Fsp3) is 0.368. The fourth-order valence-electron chi connectivity index (χ4n) is 4.42. The summed E-state index contributed by atoms with van der Waals surface area (Å²) in [6.07, 6.45) is 2.42. The zero-order chi connectivity index (χ0) is 18.4. The van der Waals surface area contributed by atoms with E-state index in [4.69, 9.17) is 9.26 Å². The van der Waals surface area contributed by atoms with E-state index in [-0.39, 0.29) is 29.3 Å². The molecule has 0 saturated heterocycles. The predicted molar refractivity (Wildman–Crippen MR) is 90.1 cm³/mol. The summed E-state index contributed by atoms with van der Waals surface area (Å²) in [5.74, 6) is -1.20. The summed E-state index contributed by atoms with van der Waals surface area (Å²) in [5.41, 5.74) is 2.74. The molecule has 2 aromatic heterocycles. The average molecular weight is 364 g/mol. The van der Waals surface area contributed by atoms with Crippen LogP contribution in [-0.2, 0) is 12.8 Å². The number of hydrogen-bond acceptors (Lipinski definition) is 8. The Kier molecular flexibility index (Phi) is 3.70. The molecule has 3 aromatic rings.